The average Bonchev–Trinajstić information content (AvgIpc) is 2.35. The molecule has 1 aliphatic heterocycles. The number of carbonyl (C=O) groups excluding carboxylic acids is 1. The highest BCUT2D eigenvalue weighted by Crippen LogP contribution is 2.29. The number of amides is 1. The second kappa shape index (κ2) is 5.21. The van der Waals surface area contributed by atoms with Gasteiger partial charge in [0, 0.05) is 13.1 Å². The molecule has 104 valence electrons. The lowest BCUT2D eigenvalue weighted by Gasteiger charge is -2.31. The molecular weight excluding hydrogens is 240 g/mol. The third kappa shape index (κ3) is 3.26. The number of rotatable bonds is 1. The fraction of sp³-hybridized carbons (Fsp3) is 0.533. The van der Waals surface area contributed by atoms with Crippen LogP contribution in [0.25, 0.3) is 0 Å². The monoisotopic (exact) mass is 262 g/mol. The van der Waals surface area contributed by atoms with Crippen molar-refractivity contribution in [3.05, 3.63) is 29.3 Å². The van der Waals surface area contributed by atoms with Gasteiger partial charge >= 0.3 is 6.09 Å². The number of benzene rings is 1. The van der Waals surface area contributed by atoms with Gasteiger partial charge in [0.25, 0.3) is 0 Å². The fourth-order valence-corrected chi connectivity index (χ4v) is 2.28. The number of nitrogens with zero attached hydrogens (tertiary/aromatic N) is 1. The molecule has 1 aliphatic rings. The highest BCUT2D eigenvalue weighted by atomic mass is 16.6. The standard InChI is InChI=1S/C15H22N2O2/c1-15(2,3)19-14(18)17-8-4-5-12-9-11(10-16)6-7-13(12)17/h6-7,9H,4-5,8,10,16H2,1-3H3. The molecule has 2 N–H and O–H groups in total. The summed E-state index contributed by atoms with van der Waals surface area (Å²) in [7, 11) is 0. The molecule has 2 rings (SSSR count). The van der Waals surface area contributed by atoms with Crippen molar-refractivity contribution in [3.63, 3.8) is 0 Å². The zero-order valence-electron chi connectivity index (χ0n) is 11.9. The van der Waals surface area contributed by atoms with E-state index in [1.807, 2.05) is 32.9 Å². The fourth-order valence-electron chi connectivity index (χ4n) is 2.28. The molecule has 0 radical (unpaired) electrons. The van der Waals surface area contributed by atoms with Gasteiger partial charge in [-0.15, -0.1) is 0 Å². The summed E-state index contributed by atoms with van der Waals surface area (Å²) in [6.45, 7) is 6.89. The maximum absolute atomic E-state index is 12.2. The van der Waals surface area contributed by atoms with Gasteiger partial charge in [-0.05, 0) is 50.8 Å². The molecule has 1 heterocycles. The van der Waals surface area contributed by atoms with Gasteiger partial charge in [-0.3, -0.25) is 4.90 Å². The third-order valence-corrected chi connectivity index (χ3v) is 3.11. The van der Waals surface area contributed by atoms with Crippen LogP contribution in [0.2, 0.25) is 0 Å². The minimum absolute atomic E-state index is 0.269. The van der Waals surface area contributed by atoms with E-state index in [0.29, 0.717) is 13.1 Å². The Kier molecular flexibility index (Phi) is 3.80. The number of hydrogen-bond acceptors (Lipinski definition) is 3. The molecule has 0 unspecified atom stereocenters. The van der Waals surface area contributed by atoms with Gasteiger partial charge in [0.2, 0.25) is 0 Å². The molecule has 0 atom stereocenters. The molecule has 0 saturated heterocycles. The highest BCUT2D eigenvalue weighted by molar-refractivity contribution is 5.89. The molecule has 0 aromatic heterocycles. The lowest BCUT2D eigenvalue weighted by Crippen LogP contribution is -2.39. The molecule has 0 saturated carbocycles. The molecule has 19 heavy (non-hydrogen) atoms. The van der Waals surface area contributed by atoms with Crippen molar-refractivity contribution in [1.82, 2.24) is 0 Å². The molecule has 4 nitrogen and oxygen atoms in total. The van der Waals surface area contributed by atoms with E-state index in [2.05, 4.69) is 6.07 Å². The minimum Gasteiger partial charge on any atom is -0.443 e. The van der Waals surface area contributed by atoms with E-state index < -0.39 is 5.60 Å². The Hall–Kier alpha value is -1.55. The summed E-state index contributed by atoms with van der Waals surface area (Å²) in [4.78, 5) is 13.9. The molecule has 1 amide bonds. The zero-order valence-corrected chi connectivity index (χ0v) is 11.9. The van der Waals surface area contributed by atoms with E-state index in [1.165, 1.54) is 5.56 Å². The Morgan fingerprint density at radius 3 is 2.79 bits per heavy atom. The van der Waals surface area contributed by atoms with E-state index >= 15 is 0 Å². The van der Waals surface area contributed by atoms with Gasteiger partial charge < -0.3 is 10.5 Å². The van der Waals surface area contributed by atoms with E-state index in [-0.39, 0.29) is 6.09 Å². The molecule has 1 aromatic rings. The zero-order chi connectivity index (χ0) is 14.0. The van der Waals surface area contributed by atoms with Crippen LogP contribution in [0.3, 0.4) is 0 Å². The van der Waals surface area contributed by atoms with Crippen LogP contribution in [0.5, 0.6) is 0 Å². The first-order valence-corrected chi connectivity index (χ1v) is 6.73. The Bertz CT molecular complexity index is 478. The van der Waals surface area contributed by atoms with Crippen molar-refractivity contribution < 1.29 is 9.53 Å². The molecule has 0 aliphatic carbocycles. The Balaban J connectivity index is 2.25. The van der Waals surface area contributed by atoms with Crippen LogP contribution in [0, 0.1) is 0 Å². The third-order valence-electron chi connectivity index (χ3n) is 3.11. The molecule has 0 bridgehead atoms. The first kappa shape index (κ1) is 13.9. The van der Waals surface area contributed by atoms with Crippen LogP contribution >= 0.6 is 0 Å². The number of anilines is 1. The number of ether oxygens (including phenoxy) is 1. The molecule has 4 heteroatoms. The number of nitrogens with two attached hydrogens (primary N) is 1. The van der Waals surface area contributed by atoms with E-state index in [9.17, 15) is 4.79 Å². The Morgan fingerprint density at radius 1 is 1.42 bits per heavy atom. The molecular formula is C15H22N2O2. The summed E-state index contributed by atoms with van der Waals surface area (Å²) >= 11 is 0. The van der Waals surface area contributed by atoms with Crippen LogP contribution < -0.4 is 10.6 Å². The SMILES string of the molecule is CC(C)(C)OC(=O)N1CCCc2cc(CN)ccc21. The van der Waals surface area contributed by atoms with Gasteiger partial charge in [-0.1, -0.05) is 12.1 Å². The lowest BCUT2D eigenvalue weighted by atomic mass is 9.99. The van der Waals surface area contributed by atoms with Gasteiger partial charge in [0.05, 0.1) is 5.69 Å². The number of fused-ring (bicyclic) bond motifs is 1. The molecule has 1 aromatic carbocycles. The van der Waals surface area contributed by atoms with Crippen molar-refractivity contribution in [1.29, 1.82) is 0 Å². The van der Waals surface area contributed by atoms with Crippen molar-refractivity contribution in [2.45, 2.75) is 45.8 Å². The van der Waals surface area contributed by atoms with Crippen LogP contribution in [0.15, 0.2) is 18.2 Å². The number of carbonyl (C=O) groups is 1. The summed E-state index contributed by atoms with van der Waals surface area (Å²) in [6, 6.07) is 6.04. The molecule has 0 spiro atoms. The lowest BCUT2D eigenvalue weighted by molar-refractivity contribution is 0.0578. The second-order valence-electron chi connectivity index (χ2n) is 5.90. The topological polar surface area (TPSA) is 55.6 Å². The summed E-state index contributed by atoms with van der Waals surface area (Å²) in [5.41, 5.74) is 8.43. The predicted octanol–water partition coefficient (Wildman–Crippen LogP) is 2.83. The largest absolute Gasteiger partial charge is 0.443 e. The second-order valence-corrected chi connectivity index (χ2v) is 5.90. The van der Waals surface area contributed by atoms with Crippen molar-refractivity contribution >= 4 is 11.8 Å². The van der Waals surface area contributed by atoms with Crippen molar-refractivity contribution in [2.75, 3.05) is 11.4 Å². The Labute approximate surface area is 114 Å². The van der Waals surface area contributed by atoms with Gasteiger partial charge in [0.15, 0.2) is 0 Å². The van der Waals surface area contributed by atoms with Crippen LogP contribution in [0.1, 0.15) is 38.3 Å². The smallest absolute Gasteiger partial charge is 0.414 e. The van der Waals surface area contributed by atoms with Crippen molar-refractivity contribution in [2.24, 2.45) is 5.73 Å². The normalized spacial score (nSPS) is 15.1. The van der Waals surface area contributed by atoms with Gasteiger partial charge in [-0.25, -0.2) is 4.79 Å². The van der Waals surface area contributed by atoms with Crippen LogP contribution in [0.4, 0.5) is 10.5 Å². The quantitative estimate of drug-likeness (QED) is 0.846. The highest BCUT2D eigenvalue weighted by Gasteiger charge is 2.27. The van der Waals surface area contributed by atoms with E-state index in [1.54, 1.807) is 4.90 Å². The van der Waals surface area contributed by atoms with Crippen LogP contribution in [-0.2, 0) is 17.7 Å². The predicted molar refractivity (Wildman–Crippen MR) is 76.2 cm³/mol. The summed E-state index contributed by atoms with van der Waals surface area (Å²) in [5, 5.41) is 0. The van der Waals surface area contributed by atoms with Gasteiger partial charge in [-0.2, -0.15) is 0 Å². The summed E-state index contributed by atoms with van der Waals surface area (Å²) in [5.74, 6) is 0. The summed E-state index contributed by atoms with van der Waals surface area (Å²) < 4.78 is 5.45. The minimum atomic E-state index is -0.466. The maximum Gasteiger partial charge on any atom is 0.414 e. The first-order valence-electron chi connectivity index (χ1n) is 6.73. The van der Waals surface area contributed by atoms with Crippen molar-refractivity contribution in [3.8, 4) is 0 Å². The maximum atomic E-state index is 12.2. The Morgan fingerprint density at radius 2 is 2.16 bits per heavy atom. The number of hydrogen-bond donors (Lipinski definition) is 1. The van der Waals surface area contributed by atoms with E-state index in [4.69, 9.17) is 10.5 Å². The van der Waals surface area contributed by atoms with Crippen LogP contribution in [-0.4, -0.2) is 18.2 Å². The average molecular weight is 262 g/mol. The van der Waals surface area contributed by atoms with E-state index in [0.717, 1.165) is 24.1 Å². The van der Waals surface area contributed by atoms with Gasteiger partial charge in [0.1, 0.15) is 5.60 Å². The number of aryl methyl sites for hydroxylation is 1. The molecule has 0 fully saturated rings. The first-order chi connectivity index (χ1) is 8.90. The summed E-state index contributed by atoms with van der Waals surface area (Å²) in [6.07, 6.45) is 1.68.